The number of carbonyl (C=O) groups excluding carboxylic acids is 1. The predicted molar refractivity (Wildman–Crippen MR) is 118 cm³/mol. The lowest BCUT2D eigenvalue weighted by Crippen LogP contribution is -2.30. The SMILES string of the molecule is O=C(c1cnn([C@H]2CC[C@H](C(=O)O)CC2)c1C1CC1)N1CC[C@@H](c2ccccc2C(F)(F)F)C1. The summed E-state index contributed by atoms with van der Waals surface area (Å²) in [5.74, 6) is -1.33. The molecule has 3 aliphatic rings. The van der Waals surface area contributed by atoms with Gasteiger partial charge < -0.3 is 10.0 Å². The lowest BCUT2D eigenvalue weighted by molar-refractivity contribution is -0.143. The first-order valence-electron chi connectivity index (χ1n) is 12.0. The molecule has 9 heteroatoms. The molecule has 6 nitrogen and oxygen atoms in total. The van der Waals surface area contributed by atoms with Gasteiger partial charge in [0.25, 0.3) is 5.91 Å². The minimum absolute atomic E-state index is 0.0812. The van der Waals surface area contributed by atoms with Gasteiger partial charge in [-0.2, -0.15) is 18.3 Å². The van der Waals surface area contributed by atoms with Gasteiger partial charge in [-0.15, -0.1) is 0 Å². The fourth-order valence-corrected chi connectivity index (χ4v) is 5.64. The molecule has 1 amide bonds. The number of benzene rings is 1. The number of carboxylic acids is 1. The van der Waals surface area contributed by atoms with E-state index in [1.54, 1.807) is 17.2 Å². The van der Waals surface area contributed by atoms with E-state index in [1.165, 1.54) is 12.1 Å². The van der Waals surface area contributed by atoms with Crippen molar-refractivity contribution < 1.29 is 27.9 Å². The summed E-state index contributed by atoms with van der Waals surface area (Å²) in [4.78, 5) is 26.4. The van der Waals surface area contributed by atoms with Gasteiger partial charge in [0.2, 0.25) is 0 Å². The second-order valence-corrected chi connectivity index (χ2v) is 9.83. The van der Waals surface area contributed by atoms with Crippen LogP contribution >= 0.6 is 0 Å². The Morgan fingerprint density at radius 2 is 1.68 bits per heavy atom. The van der Waals surface area contributed by atoms with Crippen molar-refractivity contribution in [2.45, 2.75) is 69.0 Å². The Morgan fingerprint density at radius 3 is 2.32 bits per heavy atom. The van der Waals surface area contributed by atoms with Gasteiger partial charge in [0, 0.05) is 24.9 Å². The van der Waals surface area contributed by atoms with Crippen LogP contribution in [0, 0.1) is 5.92 Å². The average molecular weight is 476 g/mol. The smallest absolute Gasteiger partial charge is 0.416 e. The molecule has 3 fully saturated rings. The standard InChI is InChI=1S/C25H28F3N3O3/c26-25(27,28)21-4-2-1-3-19(21)17-11-12-30(14-17)23(32)20-13-29-31(22(20)15-5-6-15)18-9-7-16(8-10-18)24(33)34/h1-4,13,15-18H,5-12,14H2,(H,33,34)/t16-,17-,18-/m1/s1. The summed E-state index contributed by atoms with van der Waals surface area (Å²) in [7, 11) is 0. The van der Waals surface area contributed by atoms with E-state index < -0.39 is 17.7 Å². The van der Waals surface area contributed by atoms with Crippen molar-refractivity contribution in [2.75, 3.05) is 13.1 Å². The first-order chi connectivity index (χ1) is 16.2. The second-order valence-electron chi connectivity index (χ2n) is 9.83. The molecule has 0 spiro atoms. The van der Waals surface area contributed by atoms with E-state index in [1.807, 2.05) is 4.68 Å². The van der Waals surface area contributed by atoms with Gasteiger partial charge in [-0.05, 0) is 56.6 Å². The fraction of sp³-hybridized carbons (Fsp3) is 0.560. The molecule has 1 saturated heterocycles. The van der Waals surface area contributed by atoms with Gasteiger partial charge in [0.05, 0.1) is 35.0 Å². The summed E-state index contributed by atoms with van der Waals surface area (Å²) in [5, 5.41) is 13.8. The predicted octanol–water partition coefficient (Wildman–Crippen LogP) is 5.22. The number of alkyl halides is 3. The van der Waals surface area contributed by atoms with Crippen molar-refractivity contribution in [2.24, 2.45) is 5.92 Å². The Morgan fingerprint density at radius 1 is 0.971 bits per heavy atom. The molecule has 182 valence electrons. The minimum atomic E-state index is -4.42. The number of aliphatic carboxylic acids is 1. The third-order valence-corrected chi connectivity index (χ3v) is 7.60. The topological polar surface area (TPSA) is 75.4 Å². The molecule has 1 N–H and O–H groups in total. The Balaban J connectivity index is 1.34. The van der Waals surface area contributed by atoms with Crippen molar-refractivity contribution in [3.8, 4) is 0 Å². The van der Waals surface area contributed by atoms with Crippen LogP contribution in [-0.4, -0.2) is 44.8 Å². The van der Waals surface area contributed by atoms with Crippen LogP contribution in [0.5, 0.6) is 0 Å². The third kappa shape index (κ3) is 4.32. The zero-order valence-electron chi connectivity index (χ0n) is 18.8. The molecule has 1 aliphatic heterocycles. The van der Waals surface area contributed by atoms with E-state index in [9.17, 15) is 27.9 Å². The number of amides is 1. The largest absolute Gasteiger partial charge is 0.481 e. The van der Waals surface area contributed by atoms with Gasteiger partial charge in [0.15, 0.2) is 0 Å². The molecule has 1 aromatic heterocycles. The van der Waals surface area contributed by atoms with Crippen LogP contribution in [0.4, 0.5) is 13.2 Å². The van der Waals surface area contributed by atoms with Crippen LogP contribution in [0.15, 0.2) is 30.5 Å². The van der Waals surface area contributed by atoms with Crippen LogP contribution in [0.3, 0.4) is 0 Å². The third-order valence-electron chi connectivity index (χ3n) is 7.60. The van der Waals surface area contributed by atoms with E-state index in [2.05, 4.69) is 5.10 Å². The molecule has 2 aromatic rings. The zero-order chi connectivity index (χ0) is 24.0. The molecule has 2 heterocycles. The zero-order valence-corrected chi connectivity index (χ0v) is 18.8. The molecular formula is C25H28F3N3O3. The lowest BCUT2D eigenvalue weighted by Gasteiger charge is -2.28. The summed E-state index contributed by atoms with van der Waals surface area (Å²) >= 11 is 0. The highest BCUT2D eigenvalue weighted by Crippen LogP contribution is 2.45. The summed E-state index contributed by atoms with van der Waals surface area (Å²) in [5.41, 5.74) is 1.09. The first kappa shape index (κ1) is 22.9. The molecule has 2 saturated carbocycles. The molecule has 0 bridgehead atoms. The molecule has 1 aromatic carbocycles. The second kappa shape index (κ2) is 8.74. The summed E-state index contributed by atoms with van der Waals surface area (Å²) in [6.07, 6.45) is 2.27. The number of halogens is 3. The van der Waals surface area contributed by atoms with E-state index in [-0.39, 0.29) is 41.8 Å². The number of rotatable bonds is 5. The Hall–Kier alpha value is -2.84. The highest BCUT2D eigenvalue weighted by molar-refractivity contribution is 5.95. The minimum Gasteiger partial charge on any atom is -0.481 e. The Kier molecular flexibility index (Phi) is 5.90. The van der Waals surface area contributed by atoms with Crippen LogP contribution in [0.25, 0.3) is 0 Å². The van der Waals surface area contributed by atoms with Crippen LogP contribution in [0.1, 0.15) is 90.0 Å². The van der Waals surface area contributed by atoms with Gasteiger partial charge in [0.1, 0.15) is 0 Å². The Labute approximate surface area is 195 Å². The monoisotopic (exact) mass is 475 g/mol. The molecule has 2 aliphatic carbocycles. The maximum atomic E-state index is 13.5. The Bertz CT molecular complexity index is 1080. The molecule has 0 unspecified atom stereocenters. The number of likely N-dealkylation sites (tertiary alicyclic amines) is 1. The number of carboxylic acid groups (broad SMARTS) is 1. The van der Waals surface area contributed by atoms with Crippen molar-refractivity contribution in [1.29, 1.82) is 0 Å². The van der Waals surface area contributed by atoms with Gasteiger partial charge in [-0.3, -0.25) is 14.3 Å². The van der Waals surface area contributed by atoms with Gasteiger partial charge in [-0.1, -0.05) is 18.2 Å². The average Bonchev–Trinajstić information content (AvgIpc) is 3.36. The molecule has 1 atom stereocenters. The number of carbonyl (C=O) groups is 2. The molecule has 0 radical (unpaired) electrons. The van der Waals surface area contributed by atoms with E-state index >= 15 is 0 Å². The lowest BCUT2D eigenvalue weighted by atomic mass is 9.86. The molecular weight excluding hydrogens is 447 g/mol. The maximum Gasteiger partial charge on any atom is 0.416 e. The van der Waals surface area contributed by atoms with Gasteiger partial charge >= 0.3 is 12.1 Å². The highest BCUT2D eigenvalue weighted by Gasteiger charge is 2.40. The van der Waals surface area contributed by atoms with Crippen molar-refractivity contribution in [1.82, 2.24) is 14.7 Å². The van der Waals surface area contributed by atoms with Crippen molar-refractivity contribution in [3.05, 3.63) is 52.8 Å². The van der Waals surface area contributed by atoms with E-state index in [4.69, 9.17) is 0 Å². The number of nitrogens with zero attached hydrogens (tertiary/aromatic N) is 3. The van der Waals surface area contributed by atoms with Gasteiger partial charge in [-0.25, -0.2) is 0 Å². The fourth-order valence-electron chi connectivity index (χ4n) is 5.64. The first-order valence-corrected chi connectivity index (χ1v) is 12.0. The number of hydrogen-bond acceptors (Lipinski definition) is 3. The van der Waals surface area contributed by atoms with Crippen molar-refractivity contribution in [3.63, 3.8) is 0 Å². The van der Waals surface area contributed by atoms with Crippen LogP contribution < -0.4 is 0 Å². The molecule has 34 heavy (non-hydrogen) atoms. The highest BCUT2D eigenvalue weighted by atomic mass is 19.4. The van der Waals surface area contributed by atoms with E-state index in [0.29, 0.717) is 44.2 Å². The number of aromatic nitrogens is 2. The molecule has 5 rings (SSSR count). The summed E-state index contributed by atoms with van der Waals surface area (Å²) < 4.78 is 42.4. The summed E-state index contributed by atoms with van der Waals surface area (Å²) in [6.45, 7) is 0.666. The van der Waals surface area contributed by atoms with Crippen LogP contribution in [-0.2, 0) is 11.0 Å². The normalized spacial score (nSPS) is 25.5. The maximum absolute atomic E-state index is 13.5. The summed E-state index contributed by atoms with van der Waals surface area (Å²) in [6, 6.07) is 5.71. The number of hydrogen-bond donors (Lipinski definition) is 1. The van der Waals surface area contributed by atoms with Crippen molar-refractivity contribution >= 4 is 11.9 Å². The quantitative estimate of drug-likeness (QED) is 0.643. The van der Waals surface area contributed by atoms with Crippen LogP contribution in [0.2, 0.25) is 0 Å². The van der Waals surface area contributed by atoms with E-state index in [0.717, 1.165) is 24.6 Å².